The van der Waals surface area contributed by atoms with Gasteiger partial charge in [-0.2, -0.15) is 0 Å². The zero-order valence-electron chi connectivity index (χ0n) is 7.36. The van der Waals surface area contributed by atoms with Crippen LogP contribution < -0.4 is 0 Å². The minimum atomic E-state index is -1.16. The average molecular weight is 236 g/mol. The molecule has 0 saturated heterocycles. The van der Waals surface area contributed by atoms with Crippen molar-refractivity contribution in [2.75, 3.05) is 38.0 Å². The zero-order chi connectivity index (χ0) is 10.1. The van der Waals surface area contributed by atoms with Gasteiger partial charge in [0.15, 0.2) is 0 Å². The van der Waals surface area contributed by atoms with Crippen molar-refractivity contribution in [2.24, 2.45) is 0 Å². The molecule has 6 heteroatoms. The van der Waals surface area contributed by atoms with E-state index in [1.54, 1.807) is 0 Å². The Morgan fingerprint density at radius 1 is 0.615 bits per heavy atom. The molecular formula is C7H14F4P2. The molecule has 0 amide bonds. The highest BCUT2D eigenvalue weighted by atomic mass is 31.1. The van der Waals surface area contributed by atoms with Crippen LogP contribution in [0.1, 0.15) is 6.42 Å². The molecular weight excluding hydrogens is 222 g/mol. The van der Waals surface area contributed by atoms with E-state index in [1.807, 2.05) is 0 Å². The topological polar surface area (TPSA) is 0 Å². The van der Waals surface area contributed by atoms with Crippen LogP contribution in [0.3, 0.4) is 0 Å². The van der Waals surface area contributed by atoms with Gasteiger partial charge in [-0.3, -0.25) is 0 Å². The third-order valence-electron chi connectivity index (χ3n) is 1.62. The molecule has 0 nitrogen and oxygen atoms in total. The predicted octanol–water partition coefficient (Wildman–Crippen LogP) is 4.05. The number of halogens is 4. The SMILES string of the molecule is FCP(CF)CCCP(CF)CF. The fraction of sp³-hybridized carbons (Fsp3) is 1.00. The van der Waals surface area contributed by atoms with Crippen LogP contribution in [0.5, 0.6) is 0 Å². The molecule has 0 atom stereocenters. The molecule has 0 aliphatic carbocycles. The molecule has 0 rings (SSSR count). The summed E-state index contributed by atoms with van der Waals surface area (Å²) in [7, 11) is -2.33. The summed E-state index contributed by atoms with van der Waals surface area (Å²) >= 11 is 0. The largest absolute Gasteiger partial charge is 0.246 e. The quantitative estimate of drug-likeness (QED) is 0.440. The Balaban J connectivity index is 3.41. The lowest BCUT2D eigenvalue weighted by Crippen LogP contribution is -1.94. The van der Waals surface area contributed by atoms with E-state index < -0.39 is 41.5 Å². The first-order valence-electron chi connectivity index (χ1n) is 3.97. The number of alkyl halides is 4. The molecule has 0 unspecified atom stereocenters. The molecule has 0 spiro atoms. The van der Waals surface area contributed by atoms with Crippen molar-refractivity contribution >= 4 is 15.8 Å². The van der Waals surface area contributed by atoms with Gasteiger partial charge >= 0.3 is 0 Å². The Kier molecular flexibility index (Phi) is 9.56. The normalized spacial score (nSPS) is 11.5. The molecule has 0 aliphatic heterocycles. The molecule has 0 aliphatic rings. The molecule has 0 bridgehead atoms. The second kappa shape index (κ2) is 9.15. The summed E-state index contributed by atoms with van der Waals surface area (Å²) < 4.78 is 48.0. The molecule has 0 aromatic carbocycles. The molecule has 0 radical (unpaired) electrons. The Morgan fingerprint density at radius 3 is 1.15 bits per heavy atom. The standard InChI is InChI=1S/C7H14F4P2/c8-4-12(5-9)2-1-3-13(6-10)7-11/h1-7H2. The highest BCUT2D eigenvalue weighted by Gasteiger charge is 2.10. The summed E-state index contributed by atoms with van der Waals surface area (Å²) in [4.78, 5) is 0. The zero-order valence-corrected chi connectivity index (χ0v) is 9.14. The predicted molar refractivity (Wildman–Crippen MR) is 52.1 cm³/mol. The van der Waals surface area contributed by atoms with Gasteiger partial charge in [0, 0.05) is 0 Å². The molecule has 13 heavy (non-hydrogen) atoms. The number of hydrogen-bond donors (Lipinski definition) is 0. The molecule has 0 aromatic heterocycles. The third-order valence-corrected chi connectivity index (χ3v) is 4.87. The van der Waals surface area contributed by atoms with E-state index in [2.05, 4.69) is 0 Å². The van der Waals surface area contributed by atoms with Crippen molar-refractivity contribution in [3.63, 3.8) is 0 Å². The summed E-state index contributed by atoms with van der Waals surface area (Å²) in [6, 6.07) is 0. The lowest BCUT2D eigenvalue weighted by Gasteiger charge is -2.11. The van der Waals surface area contributed by atoms with Gasteiger partial charge in [-0.15, -0.1) is 0 Å². The summed E-state index contributed by atoms with van der Waals surface area (Å²) in [5.41, 5.74) is 0. The molecule has 80 valence electrons. The van der Waals surface area contributed by atoms with Crippen LogP contribution in [0.2, 0.25) is 0 Å². The number of rotatable bonds is 8. The first-order valence-corrected chi connectivity index (χ1v) is 7.76. The van der Waals surface area contributed by atoms with Gasteiger partial charge in [0.2, 0.25) is 0 Å². The van der Waals surface area contributed by atoms with E-state index in [1.165, 1.54) is 0 Å². The lowest BCUT2D eigenvalue weighted by atomic mass is 10.6. The molecule has 0 aromatic rings. The fourth-order valence-corrected chi connectivity index (χ4v) is 2.89. The van der Waals surface area contributed by atoms with Crippen LogP contribution in [-0.4, -0.2) is 38.0 Å². The van der Waals surface area contributed by atoms with Crippen molar-refractivity contribution in [3.05, 3.63) is 0 Å². The van der Waals surface area contributed by atoms with Crippen molar-refractivity contribution in [1.29, 1.82) is 0 Å². The van der Waals surface area contributed by atoms with Crippen molar-refractivity contribution in [3.8, 4) is 0 Å². The fourth-order valence-electron chi connectivity index (χ4n) is 0.821. The van der Waals surface area contributed by atoms with Crippen LogP contribution in [0.15, 0.2) is 0 Å². The summed E-state index contributed by atoms with van der Waals surface area (Å²) in [5.74, 6) is 0. The maximum atomic E-state index is 12.0. The van der Waals surface area contributed by atoms with Gasteiger partial charge in [0.25, 0.3) is 0 Å². The Hall–Kier alpha value is 0.580. The van der Waals surface area contributed by atoms with Crippen molar-refractivity contribution < 1.29 is 17.6 Å². The first-order chi connectivity index (χ1) is 6.28. The van der Waals surface area contributed by atoms with Crippen LogP contribution in [0, 0.1) is 0 Å². The second-order valence-electron chi connectivity index (χ2n) is 2.62. The van der Waals surface area contributed by atoms with Gasteiger partial charge in [0.1, 0.15) is 25.7 Å². The highest BCUT2D eigenvalue weighted by molar-refractivity contribution is 7.58. The van der Waals surface area contributed by atoms with Crippen LogP contribution in [-0.2, 0) is 0 Å². The van der Waals surface area contributed by atoms with E-state index in [4.69, 9.17) is 0 Å². The van der Waals surface area contributed by atoms with Gasteiger partial charge < -0.3 is 0 Å². The van der Waals surface area contributed by atoms with E-state index in [-0.39, 0.29) is 0 Å². The maximum Gasteiger partial charge on any atom is 0.111 e. The van der Waals surface area contributed by atoms with Crippen LogP contribution in [0.4, 0.5) is 17.6 Å². The van der Waals surface area contributed by atoms with E-state index in [0.29, 0.717) is 18.7 Å². The number of hydrogen-bond acceptors (Lipinski definition) is 0. The summed E-state index contributed by atoms with van der Waals surface area (Å²) in [5, 5.41) is 0. The Labute approximate surface area is 78.6 Å². The van der Waals surface area contributed by atoms with E-state index in [0.717, 1.165) is 0 Å². The highest BCUT2D eigenvalue weighted by Crippen LogP contribution is 2.41. The minimum Gasteiger partial charge on any atom is -0.246 e. The van der Waals surface area contributed by atoms with Gasteiger partial charge in [-0.05, 0) is 34.6 Å². The first kappa shape index (κ1) is 13.6. The average Bonchev–Trinajstić information content (AvgIpc) is 2.19. The van der Waals surface area contributed by atoms with Gasteiger partial charge in [-0.1, -0.05) is 0 Å². The van der Waals surface area contributed by atoms with Crippen LogP contribution >= 0.6 is 15.8 Å². The van der Waals surface area contributed by atoms with E-state index in [9.17, 15) is 17.6 Å². The van der Waals surface area contributed by atoms with Crippen LogP contribution in [0.25, 0.3) is 0 Å². The minimum absolute atomic E-state index is 0.459. The van der Waals surface area contributed by atoms with Gasteiger partial charge in [-0.25, -0.2) is 17.6 Å². The molecule has 0 heterocycles. The lowest BCUT2D eigenvalue weighted by molar-refractivity contribution is 0.562. The molecule has 0 saturated carbocycles. The van der Waals surface area contributed by atoms with E-state index >= 15 is 0 Å². The van der Waals surface area contributed by atoms with Gasteiger partial charge in [0.05, 0.1) is 0 Å². The smallest absolute Gasteiger partial charge is 0.111 e. The van der Waals surface area contributed by atoms with Crippen molar-refractivity contribution in [2.45, 2.75) is 6.42 Å². The monoisotopic (exact) mass is 236 g/mol. The summed E-state index contributed by atoms with van der Waals surface area (Å²) in [6.07, 6.45) is -0.991. The second-order valence-corrected chi connectivity index (χ2v) is 7.15. The Morgan fingerprint density at radius 2 is 0.923 bits per heavy atom. The van der Waals surface area contributed by atoms with Crippen molar-refractivity contribution in [1.82, 2.24) is 0 Å². The summed E-state index contributed by atoms with van der Waals surface area (Å²) in [6.45, 7) is 0. The molecule has 0 N–H and O–H groups in total. The Bertz CT molecular complexity index is 94.7. The maximum absolute atomic E-state index is 12.0. The molecule has 0 fully saturated rings. The third kappa shape index (κ3) is 6.62.